The van der Waals surface area contributed by atoms with Gasteiger partial charge in [-0.15, -0.1) is 0 Å². The van der Waals surface area contributed by atoms with Gasteiger partial charge in [-0.2, -0.15) is 0 Å². The van der Waals surface area contributed by atoms with Gasteiger partial charge < -0.3 is 14.4 Å². The second-order valence-corrected chi connectivity index (χ2v) is 6.46. The van der Waals surface area contributed by atoms with E-state index < -0.39 is 0 Å². The normalized spacial score (nSPS) is 10.6. The SMILES string of the molecule is CCN(Cc1ccc(OC)c(OC)c1)C(=O)Cc1ccc2ccccc2c1. The Kier molecular flexibility index (Phi) is 5.97. The summed E-state index contributed by atoms with van der Waals surface area (Å²) in [5, 5.41) is 2.34. The zero-order valence-corrected chi connectivity index (χ0v) is 16.1. The number of likely N-dealkylation sites (N-methyl/N-ethyl adjacent to an activating group) is 1. The molecule has 0 N–H and O–H groups in total. The van der Waals surface area contributed by atoms with Crippen molar-refractivity contribution in [3.8, 4) is 11.5 Å². The van der Waals surface area contributed by atoms with Gasteiger partial charge >= 0.3 is 0 Å². The lowest BCUT2D eigenvalue weighted by atomic mass is 10.0. The van der Waals surface area contributed by atoms with Crippen LogP contribution in [0, 0.1) is 0 Å². The van der Waals surface area contributed by atoms with E-state index in [9.17, 15) is 4.79 Å². The molecule has 0 saturated heterocycles. The second kappa shape index (κ2) is 8.58. The fourth-order valence-corrected chi connectivity index (χ4v) is 3.21. The highest BCUT2D eigenvalue weighted by Gasteiger charge is 2.14. The van der Waals surface area contributed by atoms with E-state index in [1.807, 2.05) is 48.2 Å². The topological polar surface area (TPSA) is 38.8 Å². The van der Waals surface area contributed by atoms with Crippen LogP contribution in [0.4, 0.5) is 0 Å². The summed E-state index contributed by atoms with van der Waals surface area (Å²) in [6, 6.07) is 20.2. The summed E-state index contributed by atoms with van der Waals surface area (Å²) in [5.74, 6) is 1.47. The average molecular weight is 363 g/mol. The van der Waals surface area contributed by atoms with E-state index in [0.29, 0.717) is 31.0 Å². The summed E-state index contributed by atoms with van der Waals surface area (Å²) in [5.41, 5.74) is 2.05. The molecule has 4 heteroatoms. The van der Waals surface area contributed by atoms with Crippen LogP contribution in [0.3, 0.4) is 0 Å². The van der Waals surface area contributed by atoms with E-state index in [1.54, 1.807) is 14.2 Å². The summed E-state index contributed by atoms with van der Waals surface area (Å²) in [6.45, 7) is 3.20. The van der Waals surface area contributed by atoms with E-state index in [2.05, 4.69) is 24.3 Å². The molecule has 0 aliphatic heterocycles. The first-order chi connectivity index (χ1) is 13.1. The van der Waals surface area contributed by atoms with E-state index >= 15 is 0 Å². The molecule has 4 nitrogen and oxygen atoms in total. The van der Waals surface area contributed by atoms with Gasteiger partial charge in [-0.05, 0) is 41.0 Å². The third-order valence-electron chi connectivity index (χ3n) is 4.73. The van der Waals surface area contributed by atoms with Gasteiger partial charge in [0, 0.05) is 13.1 Å². The van der Waals surface area contributed by atoms with Crippen molar-refractivity contribution in [3.63, 3.8) is 0 Å². The Bertz CT molecular complexity index is 936. The van der Waals surface area contributed by atoms with E-state index in [4.69, 9.17) is 9.47 Å². The van der Waals surface area contributed by atoms with Crippen molar-refractivity contribution in [2.24, 2.45) is 0 Å². The third-order valence-corrected chi connectivity index (χ3v) is 4.73. The number of benzene rings is 3. The van der Waals surface area contributed by atoms with Crippen LogP contribution in [0.1, 0.15) is 18.1 Å². The van der Waals surface area contributed by atoms with Crippen LogP contribution < -0.4 is 9.47 Å². The first-order valence-corrected chi connectivity index (χ1v) is 9.11. The van der Waals surface area contributed by atoms with Gasteiger partial charge in [0.2, 0.25) is 5.91 Å². The predicted molar refractivity (Wildman–Crippen MR) is 108 cm³/mol. The van der Waals surface area contributed by atoms with Crippen LogP contribution >= 0.6 is 0 Å². The second-order valence-electron chi connectivity index (χ2n) is 6.46. The van der Waals surface area contributed by atoms with E-state index in [0.717, 1.165) is 16.5 Å². The van der Waals surface area contributed by atoms with Crippen molar-refractivity contribution in [3.05, 3.63) is 71.8 Å². The van der Waals surface area contributed by atoms with Gasteiger partial charge in [-0.3, -0.25) is 4.79 Å². The van der Waals surface area contributed by atoms with Crippen LogP contribution in [0.25, 0.3) is 10.8 Å². The smallest absolute Gasteiger partial charge is 0.227 e. The first kappa shape index (κ1) is 18.8. The fourth-order valence-electron chi connectivity index (χ4n) is 3.21. The number of hydrogen-bond donors (Lipinski definition) is 0. The molecular weight excluding hydrogens is 338 g/mol. The summed E-state index contributed by atoms with van der Waals surface area (Å²) in [7, 11) is 3.23. The maximum absolute atomic E-state index is 12.8. The molecule has 27 heavy (non-hydrogen) atoms. The molecule has 0 fully saturated rings. The number of methoxy groups -OCH3 is 2. The van der Waals surface area contributed by atoms with Crippen LogP contribution in [-0.4, -0.2) is 31.6 Å². The van der Waals surface area contributed by atoms with Crippen LogP contribution in [0.15, 0.2) is 60.7 Å². The molecule has 0 atom stereocenters. The van der Waals surface area contributed by atoms with Gasteiger partial charge in [0.15, 0.2) is 11.5 Å². The van der Waals surface area contributed by atoms with Gasteiger partial charge in [0.05, 0.1) is 20.6 Å². The Morgan fingerprint density at radius 1 is 0.852 bits per heavy atom. The highest BCUT2D eigenvalue weighted by Crippen LogP contribution is 2.28. The summed E-state index contributed by atoms with van der Waals surface area (Å²) < 4.78 is 10.6. The number of ether oxygens (including phenoxy) is 2. The average Bonchev–Trinajstić information content (AvgIpc) is 2.71. The number of carbonyl (C=O) groups is 1. The summed E-state index contributed by atoms with van der Waals surface area (Å²) in [6.07, 6.45) is 0.395. The molecule has 140 valence electrons. The highest BCUT2D eigenvalue weighted by molar-refractivity contribution is 5.85. The largest absolute Gasteiger partial charge is 0.493 e. The first-order valence-electron chi connectivity index (χ1n) is 9.11. The lowest BCUT2D eigenvalue weighted by molar-refractivity contribution is -0.130. The van der Waals surface area contributed by atoms with Crippen molar-refractivity contribution >= 4 is 16.7 Å². The summed E-state index contributed by atoms with van der Waals surface area (Å²) >= 11 is 0. The fraction of sp³-hybridized carbons (Fsp3) is 0.261. The molecular formula is C23H25NO3. The Labute approximate surface area is 160 Å². The number of rotatable bonds is 7. The molecule has 0 heterocycles. The maximum Gasteiger partial charge on any atom is 0.227 e. The van der Waals surface area contributed by atoms with Gasteiger partial charge in [-0.25, -0.2) is 0 Å². The minimum absolute atomic E-state index is 0.113. The minimum Gasteiger partial charge on any atom is -0.493 e. The standard InChI is InChI=1S/C23H25NO3/c1-4-24(16-18-10-12-21(26-2)22(14-18)27-3)23(25)15-17-9-11-19-7-5-6-8-20(19)13-17/h5-14H,4,15-16H2,1-3H3. The molecule has 0 spiro atoms. The number of fused-ring (bicyclic) bond motifs is 1. The molecule has 0 aliphatic carbocycles. The molecule has 0 aromatic heterocycles. The summed E-state index contributed by atoms with van der Waals surface area (Å²) in [4.78, 5) is 14.7. The van der Waals surface area contributed by atoms with Crippen molar-refractivity contribution in [2.75, 3.05) is 20.8 Å². The van der Waals surface area contributed by atoms with Gasteiger partial charge in [0.25, 0.3) is 0 Å². The lowest BCUT2D eigenvalue weighted by Crippen LogP contribution is -2.31. The van der Waals surface area contributed by atoms with Crippen molar-refractivity contribution < 1.29 is 14.3 Å². The minimum atomic E-state index is 0.113. The molecule has 0 bridgehead atoms. The van der Waals surface area contributed by atoms with Gasteiger partial charge in [-0.1, -0.05) is 48.5 Å². The number of amides is 1. The lowest BCUT2D eigenvalue weighted by Gasteiger charge is -2.22. The van der Waals surface area contributed by atoms with Crippen LogP contribution in [0.5, 0.6) is 11.5 Å². The van der Waals surface area contributed by atoms with Crippen LogP contribution in [0.2, 0.25) is 0 Å². The Morgan fingerprint density at radius 2 is 1.56 bits per heavy atom. The number of hydrogen-bond acceptors (Lipinski definition) is 3. The molecule has 0 unspecified atom stereocenters. The Hall–Kier alpha value is -3.01. The monoisotopic (exact) mass is 363 g/mol. The molecule has 0 saturated carbocycles. The Balaban J connectivity index is 1.73. The maximum atomic E-state index is 12.8. The number of nitrogens with zero attached hydrogens (tertiary/aromatic N) is 1. The van der Waals surface area contributed by atoms with Crippen molar-refractivity contribution in [1.82, 2.24) is 4.90 Å². The zero-order valence-electron chi connectivity index (χ0n) is 16.1. The highest BCUT2D eigenvalue weighted by atomic mass is 16.5. The molecule has 3 aromatic rings. The van der Waals surface area contributed by atoms with Gasteiger partial charge in [0.1, 0.15) is 0 Å². The third kappa shape index (κ3) is 4.40. The molecule has 3 aromatic carbocycles. The predicted octanol–water partition coefficient (Wildman–Crippen LogP) is 4.45. The van der Waals surface area contributed by atoms with Crippen molar-refractivity contribution in [1.29, 1.82) is 0 Å². The van der Waals surface area contributed by atoms with E-state index in [-0.39, 0.29) is 5.91 Å². The molecule has 0 radical (unpaired) electrons. The Morgan fingerprint density at radius 3 is 2.26 bits per heavy atom. The molecule has 0 aliphatic rings. The molecule has 3 rings (SSSR count). The zero-order chi connectivity index (χ0) is 19.2. The van der Waals surface area contributed by atoms with Crippen molar-refractivity contribution in [2.45, 2.75) is 19.9 Å². The van der Waals surface area contributed by atoms with E-state index in [1.165, 1.54) is 5.39 Å². The number of carbonyl (C=O) groups excluding carboxylic acids is 1. The van der Waals surface area contributed by atoms with Crippen LogP contribution in [-0.2, 0) is 17.8 Å². The molecule has 1 amide bonds. The quantitative estimate of drug-likeness (QED) is 0.623.